The van der Waals surface area contributed by atoms with Gasteiger partial charge in [0.05, 0.1) is 19.4 Å². The van der Waals surface area contributed by atoms with E-state index in [9.17, 15) is 0 Å². The van der Waals surface area contributed by atoms with Crippen LogP contribution in [0.15, 0.2) is 28.9 Å². The standard InChI is InChI=1S/C15H19NO2/c1-9-7-12(8-10(2)15(9)17-4)14(16)13-5-6-18-11(13)3/h5-8,14H,16H2,1-4H3. The van der Waals surface area contributed by atoms with Crippen molar-refractivity contribution < 1.29 is 9.15 Å². The van der Waals surface area contributed by atoms with Crippen LogP contribution in [0.3, 0.4) is 0 Å². The topological polar surface area (TPSA) is 48.4 Å². The third-order valence-corrected chi connectivity index (χ3v) is 3.28. The van der Waals surface area contributed by atoms with Crippen molar-refractivity contribution in [2.45, 2.75) is 26.8 Å². The van der Waals surface area contributed by atoms with Gasteiger partial charge < -0.3 is 14.9 Å². The number of aryl methyl sites for hydroxylation is 3. The molecule has 1 heterocycles. The van der Waals surface area contributed by atoms with E-state index in [2.05, 4.69) is 12.1 Å². The molecule has 1 aromatic carbocycles. The van der Waals surface area contributed by atoms with Gasteiger partial charge in [0.15, 0.2) is 0 Å². The summed E-state index contributed by atoms with van der Waals surface area (Å²) < 4.78 is 10.7. The number of hydrogen-bond donors (Lipinski definition) is 1. The fourth-order valence-corrected chi connectivity index (χ4v) is 2.38. The number of hydrogen-bond acceptors (Lipinski definition) is 3. The van der Waals surface area contributed by atoms with Gasteiger partial charge in [0.1, 0.15) is 11.5 Å². The van der Waals surface area contributed by atoms with Crippen LogP contribution in [-0.4, -0.2) is 7.11 Å². The third kappa shape index (κ3) is 2.14. The lowest BCUT2D eigenvalue weighted by Gasteiger charge is -2.16. The molecular weight excluding hydrogens is 226 g/mol. The lowest BCUT2D eigenvalue weighted by molar-refractivity contribution is 0.408. The quantitative estimate of drug-likeness (QED) is 0.902. The molecule has 0 fully saturated rings. The lowest BCUT2D eigenvalue weighted by atomic mass is 9.96. The molecule has 2 N–H and O–H groups in total. The van der Waals surface area contributed by atoms with Crippen molar-refractivity contribution in [3.8, 4) is 5.75 Å². The van der Waals surface area contributed by atoms with Crippen molar-refractivity contribution in [3.63, 3.8) is 0 Å². The summed E-state index contributed by atoms with van der Waals surface area (Å²) in [5, 5.41) is 0. The molecule has 96 valence electrons. The summed E-state index contributed by atoms with van der Waals surface area (Å²) in [7, 11) is 1.69. The Hall–Kier alpha value is -1.74. The van der Waals surface area contributed by atoms with E-state index in [0.29, 0.717) is 0 Å². The number of nitrogens with two attached hydrogens (primary N) is 1. The minimum absolute atomic E-state index is 0.160. The number of methoxy groups -OCH3 is 1. The van der Waals surface area contributed by atoms with Gasteiger partial charge in [0.2, 0.25) is 0 Å². The Kier molecular flexibility index (Phi) is 3.43. The summed E-state index contributed by atoms with van der Waals surface area (Å²) in [6.07, 6.45) is 1.67. The molecule has 1 aromatic heterocycles. The maximum absolute atomic E-state index is 6.29. The molecule has 3 heteroatoms. The van der Waals surface area contributed by atoms with Crippen LogP contribution >= 0.6 is 0 Å². The minimum Gasteiger partial charge on any atom is -0.496 e. The molecule has 0 spiro atoms. The average molecular weight is 245 g/mol. The summed E-state index contributed by atoms with van der Waals surface area (Å²) in [6.45, 7) is 5.99. The van der Waals surface area contributed by atoms with Gasteiger partial charge in [-0.2, -0.15) is 0 Å². The summed E-state index contributed by atoms with van der Waals surface area (Å²) in [4.78, 5) is 0. The summed E-state index contributed by atoms with van der Waals surface area (Å²) >= 11 is 0. The van der Waals surface area contributed by atoms with Crippen LogP contribution in [0.5, 0.6) is 5.75 Å². The largest absolute Gasteiger partial charge is 0.496 e. The van der Waals surface area contributed by atoms with Crippen LogP contribution < -0.4 is 10.5 Å². The summed E-state index contributed by atoms with van der Waals surface area (Å²) in [5.41, 5.74) is 10.6. The first-order valence-electron chi connectivity index (χ1n) is 5.99. The summed E-state index contributed by atoms with van der Waals surface area (Å²) in [5.74, 6) is 1.79. The fourth-order valence-electron chi connectivity index (χ4n) is 2.38. The highest BCUT2D eigenvalue weighted by Gasteiger charge is 2.16. The monoisotopic (exact) mass is 245 g/mol. The van der Waals surface area contributed by atoms with E-state index in [4.69, 9.17) is 14.9 Å². The van der Waals surface area contributed by atoms with E-state index in [1.54, 1.807) is 13.4 Å². The van der Waals surface area contributed by atoms with Crippen LogP contribution in [0, 0.1) is 20.8 Å². The smallest absolute Gasteiger partial charge is 0.124 e. The van der Waals surface area contributed by atoms with E-state index >= 15 is 0 Å². The van der Waals surface area contributed by atoms with Gasteiger partial charge in [-0.3, -0.25) is 0 Å². The maximum Gasteiger partial charge on any atom is 0.124 e. The summed E-state index contributed by atoms with van der Waals surface area (Å²) in [6, 6.07) is 5.91. The zero-order chi connectivity index (χ0) is 13.3. The first-order chi connectivity index (χ1) is 8.54. The lowest BCUT2D eigenvalue weighted by Crippen LogP contribution is -2.12. The van der Waals surface area contributed by atoms with Crippen molar-refractivity contribution in [2.24, 2.45) is 5.73 Å². The van der Waals surface area contributed by atoms with E-state index in [1.807, 2.05) is 26.8 Å². The Balaban J connectivity index is 2.43. The molecule has 0 radical (unpaired) electrons. The molecule has 18 heavy (non-hydrogen) atoms. The molecule has 0 saturated heterocycles. The highest BCUT2D eigenvalue weighted by atomic mass is 16.5. The Labute approximate surface area is 108 Å². The van der Waals surface area contributed by atoms with Crippen molar-refractivity contribution in [3.05, 3.63) is 52.5 Å². The second kappa shape index (κ2) is 4.86. The Morgan fingerprint density at radius 2 is 1.78 bits per heavy atom. The van der Waals surface area contributed by atoms with E-state index < -0.39 is 0 Å². The van der Waals surface area contributed by atoms with Gasteiger partial charge in [-0.05, 0) is 43.5 Å². The number of furan rings is 1. The second-order valence-electron chi connectivity index (χ2n) is 4.60. The Morgan fingerprint density at radius 1 is 1.17 bits per heavy atom. The molecule has 2 aromatic rings. The van der Waals surface area contributed by atoms with E-state index in [-0.39, 0.29) is 6.04 Å². The van der Waals surface area contributed by atoms with Crippen molar-refractivity contribution in [1.29, 1.82) is 0 Å². The van der Waals surface area contributed by atoms with Crippen molar-refractivity contribution >= 4 is 0 Å². The molecular formula is C15H19NO2. The molecule has 1 atom stereocenters. The molecule has 0 bridgehead atoms. The van der Waals surface area contributed by atoms with Gasteiger partial charge in [0, 0.05) is 5.56 Å². The van der Waals surface area contributed by atoms with Gasteiger partial charge in [-0.1, -0.05) is 12.1 Å². The highest BCUT2D eigenvalue weighted by Crippen LogP contribution is 2.30. The first kappa shape index (κ1) is 12.7. The maximum atomic E-state index is 6.29. The van der Waals surface area contributed by atoms with Crippen LogP contribution in [0.4, 0.5) is 0 Å². The van der Waals surface area contributed by atoms with Gasteiger partial charge in [-0.25, -0.2) is 0 Å². The molecule has 0 aliphatic rings. The average Bonchev–Trinajstić information content (AvgIpc) is 2.74. The normalized spacial score (nSPS) is 12.5. The van der Waals surface area contributed by atoms with Gasteiger partial charge >= 0.3 is 0 Å². The van der Waals surface area contributed by atoms with Crippen molar-refractivity contribution in [2.75, 3.05) is 7.11 Å². The van der Waals surface area contributed by atoms with Crippen LogP contribution in [0.1, 0.15) is 34.1 Å². The van der Waals surface area contributed by atoms with E-state index in [0.717, 1.165) is 33.8 Å². The van der Waals surface area contributed by atoms with Gasteiger partial charge in [-0.15, -0.1) is 0 Å². The number of rotatable bonds is 3. The number of benzene rings is 1. The fraction of sp³-hybridized carbons (Fsp3) is 0.333. The number of ether oxygens (including phenoxy) is 1. The van der Waals surface area contributed by atoms with Crippen LogP contribution in [0.25, 0.3) is 0 Å². The molecule has 3 nitrogen and oxygen atoms in total. The Morgan fingerprint density at radius 3 is 2.22 bits per heavy atom. The SMILES string of the molecule is COc1c(C)cc(C(N)c2ccoc2C)cc1C. The van der Waals surface area contributed by atoms with Crippen molar-refractivity contribution in [1.82, 2.24) is 0 Å². The molecule has 0 aliphatic heterocycles. The first-order valence-corrected chi connectivity index (χ1v) is 5.99. The molecule has 0 aliphatic carbocycles. The third-order valence-electron chi connectivity index (χ3n) is 3.28. The molecule has 0 saturated carbocycles. The molecule has 1 unspecified atom stereocenters. The molecule has 2 rings (SSSR count). The highest BCUT2D eigenvalue weighted by molar-refractivity contribution is 5.46. The second-order valence-corrected chi connectivity index (χ2v) is 4.60. The zero-order valence-corrected chi connectivity index (χ0v) is 11.3. The Bertz CT molecular complexity index is 534. The zero-order valence-electron chi connectivity index (χ0n) is 11.3. The van der Waals surface area contributed by atoms with Crippen LogP contribution in [0.2, 0.25) is 0 Å². The molecule has 0 amide bonds. The minimum atomic E-state index is -0.160. The predicted molar refractivity (Wildman–Crippen MR) is 71.9 cm³/mol. The predicted octanol–water partition coefficient (Wildman–Crippen LogP) is 3.26. The van der Waals surface area contributed by atoms with E-state index in [1.165, 1.54) is 0 Å². The van der Waals surface area contributed by atoms with Gasteiger partial charge in [0.25, 0.3) is 0 Å². The van der Waals surface area contributed by atoms with Crippen LogP contribution in [-0.2, 0) is 0 Å².